The molecule has 0 aromatic carbocycles. The van der Waals surface area contributed by atoms with Crippen molar-refractivity contribution in [3.8, 4) is 0 Å². The normalized spacial score (nSPS) is 38.8. The summed E-state index contributed by atoms with van der Waals surface area (Å²) in [6, 6.07) is 0.931. The van der Waals surface area contributed by atoms with Gasteiger partial charge in [0.2, 0.25) is 6.41 Å². The fourth-order valence-corrected chi connectivity index (χ4v) is 5.39. The second-order valence-electron chi connectivity index (χ2n) is 9.34. The summed E-state index contributed by atoms with van der Waals surface area (Å²) in [5, 5.41) is 0. The van der Waals surface area contributed by atoms with Gasteiger partial charge in [0.25, 0.3) is 0 Å². The second-order valence-corrected chi connectivity index (χ2v) is 9.34. The zero-order valence-electron chi connectivity index (χ0n) is 16.3. The predicted octanol–water partition coefficient (Wildman–Crippen LogP) is 5.37. The average Bonchev–Trinajstić information content (AvgIpc) is 2.47. The van der Waals surface area contributed by atoms with Crippen molar-refractivity contribution in [2.75, 3.05) is 0 Å². The van der Waals surface area contributed by atoms with Crippen LogP contribution in [0.5, 0.6) is 0 Å². The monoisotopic (exact) mass is 321 g/mol. The third-order valence-electron chi connectivity index (χ3n) is 6.86. The molecule has 2 fully saturated rings. The first-order valence-electron chi connectivity index (χ1n) is 10.1. The SMILES string of the molecule is CC1CCC(C(C)C)C(N(C=O)C2CC(C)CCC2C(C)C)C1. The van der Waals surface area contributed by atoms with E-state index in [1.807, 2.05) is 0 Å². The molecule has 0 aromatic rings. The highest BCUT2D eigenvalue weighted by molar-refractivity contribution is 5.49. The summed E-state index contributed by atoms with van der Waals surface area (Å²) in [4.78, 5) is 14.5. The number of hydrogen-bond donors (Lipinski definition) is 0. The first kappa shape index (κ1) is 18.8. The zero-order chi connectivity index (χ0) is 17.1. The molecule has 0 radical (unpaired) electrons. The number of hydrogen-bond acceptors (Lipinski definition) is 1. The molecule has 2 heteroatoms. The standard InChI is InChI=1S/C21H39NO/c1-14(2)18-9-7-16(5)11-20(18)22(13-23)21-12-17(6)8-10-19(21)15(3)4/h13-21H,7-12H2,1-6H3. The van der Waals surface area contributed by atoms with Crippen molar-refractivity contribution in [2.45, 2.75) is 92.2 Å². The van der Waals surface area contributed by atoms with Crippen molar-refractivity contribution in [3.05, 3.63) is 0 Å². The van der Waals surface area contributed by atoms with Gasteiger partial charge in [-0.2, -0.15) is 0 Å². The summed E-state index contributed by atoms with van der Waals surface area (Å²) in [5.74, 6) is 4.23. The maximum atomic E-state index is 12.2. The van der Waals surface area contributed by atoms with Crippen LogP contribution in [0.3, 0.4) is 0 Å². The van der Waals surface area contributed by atoms with E-state index in [-0.39, 0.29) is 0 Å². The summed E-state index contributed by atoms with van der Waals surface area (Å²) in [7, 11) is 0. The van der Waals surface area contributed by atoms with Gasteiger partial charge in [0.15, 0.2) is 0 Å². The second kappa shape index (κ2) is 8.03. The van der Waals surface area contributed by atoms with E-state index in [1.54, 1.807) is 0 Å². The van der Waals surface area contributed by atoms with E-state index >= 15 is 0 Å². The minimum Gasteiger partial charge on any atom is -0.339 e. The van der Waals surface area contributed by atoms with Crippen LogP contribution in [0.4, 0.5) is 0 Å². The molecule has 0 N–H and O–H groups in total. The van der Waals surface area contributed by atoms with E-state index in [1.165, 1.54) is 44.9 Å². The molecule has 0 heterocycles. The molecular formula is C21H39NO. The number of carbonyl (C=O) groups is 1. The zero-order valence-corrected chi connectivity index (χ0v) is 16.3. The van der Waals surface area contributed by atoms with Gasteiger partial charge >= 0.3 is 0 Å². The third-order valence-corrected chi connectivity index (χ3v) is 6.86. The van der Waals surface area contributed by atoms with Gasteiger partial charge in [-0.1, -0.05) is 54.4 Å². The van der Waals surface area contributed by atoms with Crippen LogP contribution in [0.25, 0.3) is 0 Å². The van der Waals surface area contributed by atoms with E-state index in [4.69, 9.17) is 0 Å². The van der Waals surface area contributed by atoms with E-state index in [2.05, 4.69) is 46.4 Å². The van der Waals surface area contributed by atoms with Crippen molar-refractivity contribution in [2.24, 2.45) is 35.5 Å². The van der Waals surface area contributed by atoms with Crippen LogP contribution in [-0.4, -0.2) is 23.4 Å². The number of nitrogens with zero attached hydrogens (tertiary/aromatic N) is 1. The Labute approximate surface area is 144 Å². The van der Waals surface area contributed by atoms with Gasteiger partial charge in [-0.05, 0) is 61.2 Å². The van der Waals surface area contributed by atoms with Crippen molar-refractivity contribution in [1.82, 2.24) is 4.90 Å². The Kier molecular flexibility index (Phi) is 6.57. The molecule has 6 unspecified atom stereocenters. The van der Waals surface area contributed by atoms with E-state index < -0.39 is 0 Å². The smallest absolute Gasteiger partial charge is 0.210 e. The molecule has 0 aromatic heterocycles. The Bertz CT molecular complexity index is 346. The molecule has 0 bridgehead atoms. The lowest BCUT2D eigenvalue weighted by Crippen LogP contribution is -2.54. The van der Waals surface area contributed by atoms with Gasteiger partial charge in [0, 0.05) is 12.1 Å². The summed E-state index contributed by atoms with van der Waals surface area (Å²) in [6.45, 7) is 14.1. The highest BCUT2D eigenvalue weighted by atomic mass is 16.1. The molecule has 2 rings (SSSR count). The quantitative estimate of drug-likeness (QED) is 0.624. The molecule has 2 aliphatic carbocycles. The lowest BCUT2D eigenvalue weighted by Gasteiger charge is -2.50. The largest absolute Gasteiger partial charge is 0.339 e. The fraction of sp³-hybridized carbons (Fsp3) is 0.952. The maximum Gasteiger partial charge on any atom is 0.210 e. The lowest BCUT2D eigenvalue weighted by molar-refractivity contribution is -0.130. The Balaban J connectivity index is 2.25. The van der Waals surface area contributed by atoms with Crippen molar-refractivity contribution >= 4 is 6.41 Å². The summed E-state index contributed by atoms with van der Waals surface area (Å²) < 4.78 is 0. The third kappa shape index (κ3) is 4.31. The first-order valence-corrected chi connectivity index (χ1v) is 10.1. The summed E-state index contributed by atoms with van der Waals surface area (Å²) in [6.07, 6.45) is 8.89. The molecule has 2 aliphatic rings. The van der Waals surface area contributed by atoms with Crippen LogP contribution in [0.2, 0.25) is 0 Å². The van der Waals surface area contributed by atoms with Crippen LogP contribution in [0.1, 0.15) is 80.1 Å². The molecule has 2 nitrogen and oxygen atoms in total. The van der Waals surface area contributed by atoms with Gasteiger partial charge in [-0.3, -0.25) is 4.79 Å². The van der Waals surface area contributed by atoms with E-state index in [0.717, 1.165) is 11.8 Å². The van der Waals surface area contributed by atoms with Crippen LogP contribution >= 0.6 is 0 Å². The molecule has 2 saturated carbocycles. The first-order chi connectivity index (χ1) is 10.8. The maximum absolute atomic E-state index is 12.2. The van der Waals surface area contributed by atoms with E-state index in [9.17, 15) is 4.79 Å². The van der Waals surface area contributed by atoms with Gasteiger partial charge in [-0.25, -0.2) is 0 Å². The molecule has 0 aliphatic heterocycles. The molecular weight excluding hydrogens is 282 g/mol. The number of amides is 1. The predicted molar refractivity (Wildman–Crippen MR) is 98.2 cm³/mol. The van der Waals surface area contributed by atoms with Crippen molar-refractivity contribution < 1.29 is 4.79 Å². The average molecular weight is 322 g/mol. The van der Waals surface area contributed by atoms with Crippen LogP contribution in [0, 0.1) is 35.5 Å². The minimum atomic E-state index is 0.466. The highest BCUT2D eigenvalue weighted by Gasteiger charge is 2.41. The Morgan fingerprint density at radius 2 is 1.17 bits per heavy atom. The van der Waals surface area contributed by atoms with Crippen molar-refractivity contribution in [1.29, 1.82) is 0 Å². The molecule has 23 heavy (non-hydrogen) atoms. The molecule has 134 valence electrons. The molecule has 6 atom stereocenters. The number of rotatable bonds is 5. The van der Waals surface area contributed by atoms with Gasteiger partial charge < -0.3 is 4.90 Å². The molecule has 0 saturated heterocycles. The Morgan fingerprint density at radius 3 is 1.48 bits per heavy atom. The van der Waals surface area contributed by atoms with Crippen molar-refractivity contribution in [3.63, 3.8) is 0 Å². The molecule has 1 amide bonds. The van der Waals surface area contributed by atoms with Gasteiger partial charge in [-0.15, -0.1) is 0 Å². The van der Waals surface area contributed by atoms with Crippen LogP contribution in [0.15, 0.2) is 0 Å². The summed E-state index contributed by atoms with van der Waals surface area (Å²) in [5.41, 5.74) is 0. The lowest BCUT2D eigenvalue weighted by atomic mass is 9.69. The van der Waals surface area contributed by atoms with E-state index in [0.29, 0.717) is 35.8 Å². The Morgan fingerprint density at radius 1 is 0.783 bits per heavy atom. The van der Waals surface area contributed by atoms with Crippen LogP contribution in [-0.2, 0) is 4.79 Å². The Hall–Kier alpha value is -0.530. The van der Waals surface area contributed by atoms with Gasteiger partial charge in [0.05, 0.1) is 0 Å². The molecule has 0 spiro atoms. The fourth-order valence-electron chi connectivity index (χ4n) is 5.39. The van der Waals surface area contributed by atoms with Crippen LogP contribution < -0.4 is 0 Å². The van der Waals surface area contributed by atoms with Gasteiger partial charge in [0.1, 0.15) is 0 Å². The minimum absolute atomic E-state index is 0.466. The number of carbonyl (C=O) groups excluding carboxylic acids is 1. The summed E-state index contributed by atoms with van der Waals surface area (Å²) >= 11 is 0. The topological polar surface area (TPSA) is 20.3 Å². The highest BCUT2D eigenvalue weighted by Crippen LogP contribution is 2.42.